The zero-order valence-corrected chi connectivity index (χ0v) is 24.7. The number of H-pyrrole nitrogens is 2. The number of aromatic amines is 2. The number of amides is 1. The molecule has 1 aliphatic rings. The van der Waals surface area contributed by atoms with Crippen molar-refractivity contribution in [3.05, 3.63) is 122 Å². The Hall–Kier alpha value is -5.20. The maximum Gasteiger partial charge on any atom is 0.328 e. The number of nitrogens with zero attached hydrogens (tertiary/aromatic N) is 4. The number of pyridine rings is 1. The fraction of sp³-hybridized carbons (Fsp3) is 0.206. The number of carbonyl (C=O) groups excluding carboxylic acids is 1. The number of benzene rings is 2. The number of aromatic nitrogens is 5. The smallest absolute Gasteiger partial charge is 0.328 e. The lowest BCUT2D eigenvalue weighted by molar-refractivity contribution is 0.0673. The van der Waals surface area contributed by atoms with E-state index in [4.69, 9.17) is 11.6 Å². The number of hydrogen-bond donors (Lipinski definition) is 3. The van der Waals surface area contributed by atoms with Gasteiger partial charge in [-0.25, -0.2) is 9.78 Å². The Morgan fingerprint density at radius 2 is 2.05 bits per heavy atom. The van der Waals surface area contributed by atoms with Gasteiger partial charge in [0.2, 0.25) is 5.88 Å². The van der Waals surface area contributed by atoms with Crippen molar-refractivity contribution in [1.29, 1.82) is 0 Å². The second-order valence-electron chi connectivity index (χ2n) is 11.2. The summed E-state index contributed by atoms with van der Waals surface area (Å²) < 4.78 is 3.31. The average molecular weight is 605 g/mol. The molecule has 0 aliphatic carbocycles. The second-order valence-corrected chi connectivity index (χ2v) is 11.6. The Morgan fingerprint density at radius 3 is 2.93 bits per heavy atom. The molecule has 5 heterocycles. The molecule has 44 heavy (non-hydrogen) atoms. The number of rotatable bonds is 4. The van der Waals surface area contributed by atoms with Gasteiger partial charge in [-0.2, -0.15) is 0 Å². The molecular weight excluding hydrogens is 576 g/mol. The highest BCUT2D eigenvalue weighted by Gasteiger charge is 2.29. The van der Waals surface area contributed by atoms with Crippen LogP contribution in [0.25, 0.3) is 16.6 Å². The number of fused-ring (bicyclic) bond motifs is 2. The maximum absolute atomic E-state index is 13.7. The van der Waals surface area contributed by atoms with Crippen LogP contribution in [0, 0.1) is 18.8 Å². The zero-order valence-electron chi connectivity index (χ0n) is 24.0. The van der Waals surface area contributed by atoms with Crippen molar-refractivity contribution in [1.82, 2.24) is 28.8 Å². The largest absolute Gasteiger partial charge is 0.493 e. The SMILES string of the molecule is Cc1ccc(C(=O)N2CCCC(n3c(O)c(Cc4c[nH]c5c(Cl)cccc45)[nH]c3=O)C2)cc1C#Cc1cnc2ccccn12. The highest BCUT2D eigenvalue weighted by molar-refractivity contribution is 6.35. The molecule has 2 aromatic carbocycles. The van der Waals surface area contributed by atoms with E-state index in [-0.39, 0.29) is 17.8 Å². The molecule has 0 bridgehead atoms. The standard InChI is InChI=1S/C34H29ClN6O3/c1-21-10-11-23(16-22(21)12-13-25-19-36-30-9-2-3-15-40(25)30)32(42)39-14-5-6-26(20-39)41-33(43)29(38-34(41)44)17-24-18-37-31-27(24)7-4-8-28(31)35/h2-4,7-11,15-16,18-19,26,37,43H,5-6,14,17,20H2,1H3,(H,38,44). The van der Waals surface area contributed by atoms with Crippen molar-refractivity contribution in [3.63, 3.8) is 0 Å². The van der Waals surface area contributed by atoms with E-state index in [1.54, 1.807) is 11.1 Å². The molecule has 7 rings (SSSR count). The van der Waals surface area contributed by atoms with Gasteiger partial charge in [0, 0.05) is 48.4 Å². The zero-order chi connectivity index (χ0) is 30.4. The number of para-hydroxylation sites is 1. The number of carbonyl (C=O) groups is 1. The molecule has 4 aromatic heterocycles. The van der Waals surface area contributed by atoms with Gasteiger partial charge < -0.3 is 20.0 Å². The van der Waals surface area contributed by atoms with E-state index in [2.05, 4.69) is 26.8 Å². The topological polar surface area (TPSA) is 111 Å². The number of nitrogens with one attached hydrogen (secondary N) is 2. The Bertz CT molecular complexity index is 2180. The van der Waals surface area contributed by atoms with Crippen molar-refractivity contribution in [2.24, 2.45) is 0 Å². The van der Waals surface area contributed by atoms with Crippen LogP contribution in [0.15, 0.2) is 78.0 Å². The van der Waals surface area contributed by atoms with Gasteiger partial charge in [0.25, 0.3) is 5.91 Å². The molecule has 0 radical (unpaired) electrons. The Labute approximate surface area is 257 Å². The molecule has 1 amide bonds. The highest BCUT2D eigenvalue weighted by Crippen LogP contribution is 2.31. The van der Waals surface area contributed by atoms with Crippen molar-refractivity contribution in [2.45, 2.75) is 32.2 Å². The van der Waals surface area contributed by atoms with E-state index in [1.165, 1.54) is 4.57 Å². The van der Waals surface area contributed by atoms with Crippen LogP contribution in [0.1, 0.15) is 57.3 Å². The summed E-state index contributed by atoms with van der Waals surface area (Å²) in [5.41, 5.74) is 5.59. The summed E-state index contributed by atoms with van der Waals surface area (Å²) >= 11 is 6.31. The third-order valence-electron chi connectivity index (χ3n) is 8.37. The van der Waals surface area contributed by atoms with Crippen LogP contribution in [-0.4, -0.2) is 52.9 Å². The van der Waals surface area contributed by atoms with Crippen molar-refractivity contribution >= 4 is 34.1 Å². The van der Waals surface area contributed by atoms with Gasteiger partial charge in [0.05, 0.1) is 28.5 Å². The molecule has 220 valence electrons. The normalized spacial score (nSPS) is 15.0. The number of piperidine rings is 1. The predicted molar refractivity (Wildman–Crippen MR) is 169 cm³/mol. The van der Waals surface area contributed by atoms with Crippen LogP contribution in [0.5, 0.6) is 5.88 Å². The van der Waals surface area contributed by atoms with Gasteiger partial charge >= 0.3 is 5.69 Å². The number of aromatic hydroxyl groups is 1. The fourth-order valence-corrected chi connectivity index (χ4v) is 6.27. The predicted octanol–water partition coefficient (Wildman–Crippen LogP) is 5.44. The van der Waals surface area contributed by atoms with Crippen LogP contribution in [0.4, 0.5) is 0 Å². The first-order valence-corrected chi connectivity index (χ1v) is 14.9. The first-order chi connectivity index (χ1) is 21.4. The molecule has 1 atom stereocenters. The van der Waals surface area contributed by atoms with Crippen LogP contribution in [0.2, 0.25) is 5.02 Å². The van der Waals surface area contributed by atoms with Gasteiger partial charge in [-0.15, -0.1) is 0 Å². The summed E-state index contributed by atoms with van der Waals surface area (Å²) in [6.07, 6.45) is 7.19. The van der Waals surface area contributed by atoms with E-state index in [0.29, 0.717) is 48.6 Å². The third-order valence-corrected chi connectivity index (χ3v) is 8.68. The molecule has 6 aromatic rings. The first kappa shape index (κ1) is 27.6. The summed E-state index contributed by atoms with van der Waals surface area (Å²) in [5.74, 6) is 6.17. The number of hydrogen-bond acceptors (Lipinski definition) is 4. The Kier molecular flexibility index (Phi) is 6.99. The molecule has 1 unspecified atom stereocenters. The summed E-state index contributed by atoms with van der Waals surface area (Å²) in [5, 5.41) is 12.7. The fourth-order valence-electron chi connectivity index (χ4n) is 6.04. The molecule has 10 heteroatoms. The van der Waals surface area contributed by atoms with E-state index in [1.807, 2.05) is 78.3 Å². The molecule has 3 N–H and O–H groups in total. The Morgan fingerprint density at radius 1 is 1.16 bits per heavy atom. The molecule has 0 spiro atoms. The van der Waals surface area contributed by atoms with Gasteiger partial charge in [-0.05, 0) is 67.1 Å². The molecule has 1 aliphatic heterocycles. The van der Waals surface area contributed by atoms with E-state index in [0.717, 1.165) is 38.9 Å². The van der Waals surface area contributed by atoms with Crippen LogP contribution < -0.4 is 5.69 Å². The molecular formula is C34H29ClN6O3. The lowest BCUT2D eigenvalue weighted by atomic mass is 10.0. The summed E-state index contributed by atoms with van der Waals surface area (Å²) in [6.45, 7) is 2.84. The maximum atomic E-state index is 13.7. The molecule has 1 saturated heterocycles. The minimum atomic E-state index is -0.394. The minimum Gasteiger partial charge on any atom is -0.493 e. The van der Waals surface area contributed by atoms with Crippen molar-refractivity contribution in [3.8, 4) is 17.7 Å². The third kappa shape index (κ3) is 4.93. The Balaban J connectivity index is 1.11. The van der Waals surface area contributed by atoms with Crippen molar-refractivity contribution < 1.29 is 9.90 Å². The van der Waals surface area contributed by atoms with Gasteiger partial charge in [-0.1, -0.05) is 41.8 Å². The molecule has 1 fully saturated rings. The van der Waals surface area contributed by atoms with Gasteiger partial charge in [0.15, 0.2) is 0 Å². The lowest BCUT2D eigenvalue weighted by Gasteiger charge is -2.33. The number of imidazole rings is 2. The minimum absolute atomic E-state index is 0.106. The van der Waals surface area contributed by atoms with Gasteiger partial charge in [0.1, 0.15) is 11.3 Å². The first-order valence-electron chi connectivity index (χ1n) is 14.5. The summed E-state index contributed by atoms with van der Waals surface area (Å²) in [6, 6.07) is 16.6. The van der Waals surface area contributed by atoms with Crippen molar-refractivity contribution in [2.75, 3.05) is 13.1 Å². The van der Waals surface area contributed by atoms with Gasteiger partial charge in [-0.3, -0.25) is 13.8 Å². The van der Waals surface area contributed by atoms with E-state index in [9.17, 15) is 14.7 Å². The summed E-state index contributed by atoms with van der Waals surface area (Å²) in [4.78, 5) is 38.9. The summed E-state index contributed by atoms with van der Waals surface area (Å²) in [7, 11) is 0. The monoisotopic (exact) mass is 604 g/mol. The molecule has 9 nitrogen and oxygen atoms in total. The van der Waals surface area contributed by atoms with E-state index < -0.39 is 5.69 Å². The number of halogens is 1. The second kappa shape index (κ2) is 11.1. The quantitative estimate of drug-likeness (QED) is 0.233. The number of likely N-dealkylation sites (tertiary alicyclic amines) is 1. The van der Waals surface area contributed by atoms with E-state index >= 15 is 0 Å². The highest BCUT2D eigenvalue weighted by atomic mass is 35.5. The average Bonchev–Trinajstić information content (AvgIpc) is 3.72. The molecule has 0 saturated carbocycles. The lowest BCUT2D eigenvalue weighted by Crippen LogP contribution is -2.42. The van der Waals surface area contributed by atoms with Crippen LogP contribution in [0.3, 0.4) is 0 Å². The number of aryl methyl sites for hydroxylation is 1. The van der Waals surface area contributed by atoms with Crippen LogP contribution >= 0.6 is 11.6 Å². The van der Waals surface area contributed by atoms with Crippen LogP contribution in [-0.2, 0) is 6.42 Å².